The molecule has 0 saturated carbocycles. The highest BCUT2D eigenvalue weighted by Gasteiger charge is 2.32. The Kier molecular flexibility index (Phi) is 3.92. The van der Waals surface area contributed by atoms with Gasteiger partial charge in [0.1, 0.15) is 6.61 Å². The van der Waals surface area contributed by atoms with Crippen molar-refractivity contribution in [1.29, 1.82) is 0 Å². The standard InChI is InChI=1S/C16H13N2O6/c1-8-12(15(19)23-2)13(14-11(17-8)7-24-16(14)20)9-4-3-5-10(6-9)18(21)22/h3-6,21H,7H2,1-2H3/q-1. The van der Waals surface area contributed by atoms with Crippen LogP contribution in [0.15, 0.2) is 24.3 Å². The van der Waals surface area contributed by atoms with E-state index in [4.69, 9.17) is 14.7 Å². The second kappa shape index (κ2) is 5.91. The van der Waals surface area contributed by atoms with Crippen molar-refractivity contribution >= 4 is 17.6 Å². The third kappa shape index (κ3) is 2.47. The first-order valence-electron chi connectivity index (χ1n) is 6.99. The van der Waals surface area contributed by atoms with Gasteiger partial charge in [-0.15, -0.1) is 0 Å². The highest BCUT2D eigenvalue weighted by molar-refractivity contribution is 6.08. The van der Waals surface area contributed by atoms with E-state index in [0.29, 0.717) is 17.0 Å². The summed E-state index contributed by atoms with van der Waals surface area (Å²) in [5, 5.41) is 19.9. The summed E-state index contributed by atoms with van der Waals surface area (Å²) >= 11 is 0. The molecule has 2 heterocycles. The number of aromatic nitrogens is 1. The lowest BCUT2D eigenvalue weighted by Crippen LogP contribution is -2.13. The first-order chi connectivity index (χ1) is 11.4. The molecule has 0 spiro atoms. The lowest BCUT2D eigenvalue weighted by Gasteiger charge is -2.22. The molecule has 0 unspecified atom stereocenters. The highest BCUT2D eigenvalue weighted by atomic mass is 16.8. The number of fused-ring (bicyclic) bond motifs is 1. The van der Waals surface area contributed by atoms with Gasteiger partial charge in [-0.3, -0.25) is 10.2 Å². The molecule has 8 nitrogen and oxygen atoms in total. The van der Waals surface area contributed by atoms with E-state index in [1.807, 2.05) is 0 Å². The third-order valence-electron chi connectivity index (χ3n) is 3.74. The van der Waals surface area contributed by atoms with Gasteiger partial charge in [-0.25, -0.2) is 9.59 Å². The SMILES string of the molecule is COC(=O)c1c(C)nc2c(c1-c1cccc(N([O-])O)c1)C(=O)OC2. The summed E-state index contributed by atoms with van der Waals surface area (Å²) in [7, 11) is 1.22. The number of benzene rings is 1. The molecular formula is C16H13N2O6-. The maximum absolute atomic E-state index is 12.2. The van der Waals surface area contributed by atoms with E-state index in [0.717, 1.165) is 0 Å². The molecule has 1 aromatic heterocycles. The van der Waals surface area contributed by atoms with E-state index in [1.54, 1.807) is 13.0 Å². The van der Waals surface area contributed by atoms with Crippen LogP contribution in [0.3, 0.4) is 0 Å². The molecule has 0 aliphatic carbocycles. The van der Waals surface area contributed by atoms with Crippen LogP contribution in [0.4, 0.5) is 5.69 Å². The van der Waals surface area contributed by atoms with Crippen LogP contribution in [-0.2, 0) is 16.1 Å². The zero-order chi connectivity index (χ0) is 17.4. The van der Waals surface area contributed by atoms with Crippen molar-refractivity contribution in [3.05, 3.63) is 52.0 Å². The van der Waals surface area contributed by atoms with Gasteiger partial charge in [-0.1, -0.05) is 12.1 Å². The zero-order valence-electron chi connectivity index (χ0n) is 12.9. The molecule has 1 N–H and O–H groups in total. The Morgan fingerprint density at radius 1 is 1.42 bits per heavy atom. The fraction of sp³-hybridized carbons (Fsp3) is 0.188. The molecular weight excluding hydrogens is 316 g/mol. The Labute approximate surface area is 136 Å². The van der Waals surface area contributed by atoms with Gasteiger partial charge in [-0.05, 0) is 24.6 Å². The van der Waals surface area contributed by atoms with Crippen LogP contribution in [0.1, 0.15) is 32.1 Å². The van der Waals surface area contributed by atoms with Gasteiger partial charge in [0.15, 0.2) is 0 Å². The number of esters is 2. The molecule has 1 aliphatic rings. The number of nitrogens with zero attached hydrogens (tertiary/aromatic N) is 2. The Hall–Kier alpha value is -2.97. The van der Waals surface area contributed by atoms with Gasteiger partial charge in [0.25, 0.3) is 0 Å². The lowest BCUT2D eigenvalue weighted by atomic mass is 9.93. The van der Waals surface area contributed by atoms with E-state index >= 15 is 0 Å². The fourth-order valence-corrected chi connectivity index (χ4v) is 2.72. The van der Waals surface area contributed by atoms with Crippen LogP contribution in [0, 0.1) is 12.1 Å². The average molecular weight is 329 g/mol. The smallest absolute Gasteiger partial charge is 0.341 e. The predicted octanol–water partition coefficient (Wildman–Crippen LogP) is 2.21. The second-order valence-corrected chi connectivity index (χ2v) is 5.16. The van der Waals surface area contributed by atoms with Crippen molar-refractivity contribution in [1.82, 2.24) is 4.98 Å². The number of aryl methyl sites for hydroxylation is 1. The van der Waals surface area contributed by atoms with Crippen LogP contribution < -0.4 is 5.23 Å². The molecule has 0 atom stereocenters. The molecule has 0 bridgehead atoms. The largest absolute Gasteiger partial charge is 0.733 e. The number of hydrogen-bond donors (Lipinski definition) is 1. The average Bonchev–Trinajstić information content (AvgIpc) is 2.93. The van der Waals surface area contributed by atoms with E-state index in [9.17, 15) is 14.8 Å². The van der Waals surface area contributed by atoms with Crippen LogP contribution in [0.25, 0.3) is 11.1 Å². The molecule has 1 aromatic carbocycles. The predicted molar refractivity (Wildman–Crippen MR) is 82.5 cm³/mol. The molecule has 0 amide bonds. The maximum Gasteiger partial charge on any atom is 0.341 e. The summed E-state index contributed by atoms with van der Waals surface area (Å²) in [5.41, 5.74) is 1.68. The fourth-order valence-electron chi connectivity index (χ4n) is 2.72. The maximum atomic E-state index is 12.2. The normalized spacial score (nSPS) is 12.6. The topological polar surface area (TPSA) is 112 Å². The summed E-state index contributed by atoms with van der Waals surface area (Å²) in [6.07, 6.45) is 0. The molecule has 0 fully saturated rings. The number of hydrogen-bond acceptors (Lipinski definition) is 8. The van der Waals surface area contributed by atoms with Crippen molar-refractivity contribution < 1.29 is 24.3 Å². The summed E-state index contributed by atoms with van der Waals surface area (Å²) in [4.78, 5) is 28.6. The number of methoxy groups -OCH3 is 1. The van der Waals surface area contributed by atoms with Gasteiger partial charge >= 0.3 is 11.9 Å². The van der Waals surface area contributed by atoms with E-state index in [1.165, 1.54) is 25.3 Å². The molecule has 124 valence electrons. The van der Waals surface area contributed by atoms with Gasteiger partial charge in [0.2, 0.25) is 0 Å². The van der Waals surface area contributed by atoms with E-state index in [-0.39, 0.29) is 34.2 Å². The Morgan fingerprint density at radius 3 is 2.83 bits per heavy atom. The molecule has 0 radical (unpaired) electrons. The number of cyclic esters (lactones) is 1. The zero-order valence-corrected chi connectivity index (χ0v) is 12.9. The van der Waals surface area contributed by atoms with Crippen LogP contribution in [0.2, 0.25) is 0 Å². The second-order valence-electron chi connectivity index (χ2n) is 5.16. The summed E-state index contributed by atoms with van der Waals surface area (Å²) in [6, 6.07) is 5.89. The quantitative estimate of drug-likeness (QED) is 0.673. The third-order valence-corrected chi connectivity index (χ3v) is 3.74. The van der Waals surface area contributed by atoms with Crippen molar-refractivity contribution in [3.63, 3.8) is 0 Å². The number of carbonyl (C=O) groups is 2. The summed E-state index contributed by atoms with van der Waals surface area (Å²) in [5.74, 6) is -1.27. The Balaban J connectivity index is 2.35. The van der Waals surface area contributed by atoms with Gasteiger partial charge < -0.3 is 19.9 Å². The molecule has 0 saturated heterocycles. The van der Waals surface area contributed by atoms with E-state index in [2.05, 4.69) is 4.98 Å². The number of carbonyl (C=O) groups excluding carboxylic acids is 2. The number of pyridine rings is 1. The molecule has 24 heavy (non-hydrogen) atoms. The molecule has 8 heteroatoms. The van der Waals surface area contributed by atoms with Crippen molar-refractivity contribution in [2.24, 2.45) is 0 Å². The minimum Gasteiger partial charge on any atom is -0.733 e. The Bertz CT molecular complexity index is 847. The monoisotopic (exact) mass is 329 g/mol. The number of rotatable bonds is 3. The van der Waals surface area contributed by atoms with Crippen molar-refractivity contribution in [2.75, 3.05) is 12.3 Å². The number of anilines is 1. The van der Waals surface area contributed by atoms with Crippen molar-refractivity contribution in [3.8, 4) is 11.1 Å². The van der Waals surface area contributed by atoms with E-state index < -0.39 is 11.9 Å². The molecule has 2 aromatic rings. The van der Waals surface area contributed by atoms with Gasteiger partial charge in [-0.2, -0.15) is 0 Å². The van der Waals surface area contributed by atoms with Gasteiger partial charge in [0, 0.05) is 5.56 Å². The van der Waals surface area contributed by atoms with Crippen LogP contribution in [0.5, 0.6) is 0 Å². The molecule has 1 aliphatic heterocycles. The number of ether oxygens (including phenoxy) is 2. The Morgan fingerprint density at radius 2 is 2.17 bits per heavy atom. The van der Waals surface area contributed by atoms with Crippen LogP contribution >= 0.6 is 0 Å². The lowest BCUT2D eigenvalue weighted by molar-refractivity contribution is 0.0533. The van der Waals surface area contributed by atoms with Crippen LogP contribution in [-0.4, -0.2) is 29.2 Å². The first-order valence-corrected chi connectivity index (χ1v) is 6.99. The van der Waals surface area contributed by atoms with Gasteiger partial charge in [0.05, 0.1) is 35.3 Å². The first kappa shape index (κ1) is 15.9. The summed E-state index contributed by atoms with van der Waals surface area (Å²) in [6.45, 7) is 1.63. The van der Waals surface area contributed by atoms with Crippen molar-refractivity contribution in [2.45, 2.75) is 13.5 Å². The summed E-state index contributed by atoms with van der Waals surface area (Å²) < 4.78 is 9.81. The highest BCUT2D eigenvalue weighted by Crippen LogP contribution is 2.36. The molecule has 3 rings (SSSR count). The minimum absolute atomic E-state index is 0.0107. The minimum atomic E-state index is -0.661.